The van der Waals surface area contributed by atoms with Crippen LogP contribution in [-0.2, 0) is 9.59 Å². The Kier molecular flexibility index (Phi) is 5.06. The number of likely N-dealkylation sites (tertiary alicyclic amines) is 1. The Balaban J connectivity index is 2.37. The van der Waals surface area contributed by atoms with Crippen LogP contribution >= 0.6 is 11.6 Å². The van der Waals surface area contributed by atoms with E-state index >= 15 is 0 Å². The maximum atomic E-state index is 11.8. The third kappa shape index (κ3) is 3.67. The fourth-order valence-electron chi connectivity index (χ4n) is 1.75. The van der Waals surface area contributed by atoms with E-state index in [-0.39, 0.29) is 24.2 Å². The molecule has 5 heteroatoms. The minimum atomic E-state index is -0.208. The van der Waals surface area contributed by atoms with Crippen molar-refractivity contribution in [2.45, 2.75) is 19.8 Å². The second-order valence-electron chi connectivity index (χ2n) is 4.45. The van der Waals surface area contributed by atoms with E-state index in [0.717, 1.165) is 25.9 Å². The van der Waals surface area contributed by atoms with Crippen LogP contribution in [0.4, 0.5) is 0 Å². The third-order valence-electron chi connectivity index (χ3n) is 3.05. The van der Waals surface area contributed by atoms with Gasteiger partial charge in [-0.05, 0) is 18.8 Å². The van der Waals surface area contributed by atoms with Crippen LogP contribution in [0.5, 0.6) is 0 Å². The number of hydrogen-bond donors (Lipinski definition) is 0. The summed E-state index contributed by atoms with van der Waals surface area (Å²) in [5, 5.41) is 0. The molecule has 92 valence electrons. The zero-order valence-electron chi connectivity index (χ0n) is 9.91. The van der Waals surface area contributed by atoms with Gasteiger partial charge in [-0.1, -0.05) is 6.92 Å². The molecule has 0 aromatic rings. The highest BCUT2D eigenvalue weighted by atomic mass is 35.5. The van der Waals surface area contributed by atoms with Crippen molar-refractivity contribution in [1.29, 1.82) is 0 Å². The normalized spacial score (nSPS) is 17.3. The molecule has 0 radical (unpaired) electrons. The molecular formula is C11H19ClN2O2. The molecule has 0 aromatic heterocycles. The molecule has 0 saturated carbocycles. The second-order valence-corrected chi connectivity index (χ2v) is 4.71. The number of alkyl halides is 1. The SMILES string of the molecule is CC1CCN(C(=O)CN(C)C(=O)CCl)CC1. The van der Waals surface area contributed by atoms with Gasteiger partial charge in [-0.2, -0.15) is 0 Å². The van der Waals surface area contributed by atoms with E-state index in [9.17, 15) is 9.59 Å². The van der Waals surface area contributed by atoms with Gasteiger partial charge in [0.05, 0.1) is 6.54 Å². The molecule has 0 bridgehead atoms. The Labute approximate surface area is 102 Å². The van der Waals surface area contributed by atoms with Crippen LogP contribution < -0.4 is 0 Å². The number of carbonyl (C=O) groups is 2. The maximum absolute atomic E-state index is 11.8. The van der Waals surface area contributed by atoms with Gasteiger partial charge in [-0.25, -0.2) is 0 Å². The lowest BCUT2D eigenvalue weighted by molar-refractivity contribution is -0.139. The summed E-state index contributed by atoms with van der Waals surface area (Å²) in [5.74, 6) is 0.445. The van der Waals surface area contributed by atoms with Crippen LogP contribution in [0.15, 0.2) is 0 Å². The first-order valence-electron chi connectivity index (χ1n) is 5.62. The van der Waals surface area contributed by atoms with Gasteiger partial charge < -0.3 is 9.80 Å². The van der Waals surface area contributed by atoms with Crippen LogP contribution in [0.1, 0.15) is 19.8 Å². The van der Waals surface area contributed by atoms with Gasteiger partial charge >= 0.3 is 0 Å². The van der Waals surface area contributed by atoms with E-state index in [0.29, 0.717) is 5.92 Å². The molecule has 0 unspecified atom stereocenters. The van der Waals surface area contributed by atoms with Crippen molar-refractivity contribution < 1.29 is 9.59 Å². The number of amides is 2. The zero-order chi connectivity index (χ0) is 12.1. The third-order valence-corrected chi connectivity index (χ3v) is 3.28. The molecule has 2 amide bonds. The highest BCUT2D eigenvalue weighted by molar-refractivity contribution is 6.27. The van der Waals surface area contributed by atoms with Gasteiger partial charge in [0.1, 0.15) is 5.88 Å². The zero-order valence-corrected chi connectivity index (χ0v) is 10.7. The minimum Gasteiger partial charge on any atom is -0.341 e. The topological polar surface area (TPSA) is 40.6 Å². The number of nitrogens with zero attached hydrogens (tertiary/aromatic N) is 2. The molecule has 0 spiro atoms. The van der Waals surface area contributed by atoms with Crippen molar-refractivity contribution in [3.8, 4) is 0 Å². The standard InChI is InChI=1S/C11H19ClN2O2/c1-9-3-5-14(6-4-9)11(16)8-13(2)10(15)7-12/h9H,3-8H2,1-2H3. The largest absolute Gasteiger partial charge is 0.341 e. The molecule has 1 fully saturated rings. The van der Waals surface area contributed by atoms with Gasteiger partial charge in [0.15, 0.2) is 0 Å². The molecule has 1 aliphatic rings. The lowest BCUT2D eigenvalue weighted by Crippen LogP contribution is -2.44. The lowest BCUT2D eigenvalue weighted by atomic mass is 9.99. The van der Waals surface area contributed by atoms with Crippen molar-refractivity contribution in [2.75, 3.05) is 32.6 Å². The molecule has 0 aromatic carbocycles. The number of piperidine rings is 1. The molecule has 1 aliphatic heterocycles. The van der Waals surface area contributed by atoms with Crippen molar-refractivity contribution in [2.24, 2.45) is 5.92 Å². The van der Waals surface area contributed by atoms with Crippen LogP contribution in [-0.4, -0.2) is 54.2 Å². The highest BCUT2D eigenvalue weighted by Crippen LogP contribution is 2.15. The monoisotopic (exact) mass is 246 g/mol. The Hall–Kier alpha value is -0.770. The fourth-order valence-corrected chi connectivity index (χ4v) is 1.96. The number of likely N-dealkylation sites (N-methyl/N-ethyl adjacent to an activating group) is 1. The number of hydrogen-bond acceptors (Lipinski definition) is 2. The van der Waals surface area contributed by atoms with Crippen molar-refractivity contribution in [3.05, 3.63) is 0 Å². The summed E-state index contributed by atoms with van der Waals surface area (Å²) < 4.78 is 0. The van der Waals surface area contributed by atoms with Gasteiger partial charge in [-0.3, -0.25) is 9.59 Å². The summed E-state index contributed by atoms with van der Waals surface area (Å²) in [6.45, 7) is 3.96. The quantitative estimate of drug-likeness (QED) is 0.696. The van der Waals surface area contributed by atoms with Crippen molar-refractivity contribution in [3.63, 3.8) is 0 Å². The van der Waals surface area contributed by atoms with Crippen LogP contribution in [0, 0.1) is 5.92 Å². The molecule has 1 heterocycles. The molecule has 16 heavy (non-hydrogen) atoms. The first-order valence-corrected chi connectivity index (χ1v) is 6.15. The van der Waals surface area contributed by atoms with Crippen LogP contribution in [0.3, 0.4) is 0 Å². The predicted octanol–water partition coefficient (Wildman–Crippen LogP) is 0.942. The van der Waals surface area contributed by atoms with Crippen LogP contribution in [0.25, 0.3) is 0 Å². The Bertz CT molecular complexity index is 263. The first kappa shape index (κ1) is 13.3. The predicted molar refractivity (Wildman–Crippen MR) is 63.3 cm³/mol. The molecule has 0 N–H and O–H groups in total. The Morgan fingerprint density at radius 3 is 2.44 bits per heavy atom. The average Bonchev–Trinajstić information content (AvgIpc) is 2.28. The van der Waals surface area contributed by atoms with Crippen molar-refractivity contribution in [1.82, 2.24) is 9.80 Å². The average molecular weight is 247 g/mol. The van der Waals surface area contributed by atoms with E-state index in [4.69, 9.17) is 11.6 Å². The van der Waals surface area contributed by atoms with Gasteiger partial charge in [0, 0.05) is 20.1 Å². The minimum absolute atomic E-state index is 0.0212. The first-order chi connectivity index (χ1) is 7.54. The van der Waals surface area contributed by atoms with Gasteiger partial charge in [0.2, 0.25) is 11.8 Å². The van der Waals surface area contributed by atoms with Crippen LogP contribution in [0.2, 0.25) is 0 Å². The fraction of sp³-hybridized carbons (Fsp3) is 0.818. The molecular weight excluding hydrogens is 228 g/mol. The summed E-state index contributed by atoms with van der Waals surface area (Å²) in [6, 6.07) is 0. The van der Waals surface area contributed by atoms with Crippen molar-refractivity contribution >= 4 is 23.4 Å². The Morgan fingerprint density at radius 2 is 1.94 bits per heavy atom. The van der Waals surface area contributed by atoms with E-state index in [1.165, 1.54) is 4.90 Å². The Morgan fingerprint density at radius 1 is 1.38 bits per heavy atom. The van der Waals surface area contributed by atoms with E-state index < -0.39 is 0 Å². The van der Waals surface area contributed by atoms with E-state index in [2.05, 4.69) is 6.92 Å². The smallest absolute Gasteiger partial charge is 0.242 e. The molecule has 1 rings (SSSR count). The highest BCUT2D eigenvalue weighted by Gasteiger charge is 2.22. The van der Waals surface area contributed by atoms with Gasteiger partial charge in [-0.15, -0.1) is 11.6 Å². The molecule has 0 atom stereocenters. The summed E-state index contributed by atoms with van der Waals surface area (Å²) in [6.07, 6.45) is 2.11. The summed E-state index contributed by atoms with van der Waals surface area (Å²) in [4.78, 5) is 26.2. The summed E-state index contributed by atoms with van der Waals surface area (Å²) in [5.41, 5.74) is 0. The molecule has 0 aliphatic carbocycles. The number of rotatable bonds is 3. The maximum Gasteiger partial charge on any atom is 0.242 e. The van der Waals surface area contributed by atoms with E-state index in [1.54, 1.807) is 7.05 Å². The molecule has 4 nitrogen and oxygen atoms in total. The number of carbonyl (C=O) groups excluding carboxylic acids is 2. The summed E-state index contributed by atoms with van der Waals surface area (Å²) in [7, 11) is 1.61. The summed E-state index contributed by atoms with van der Waals surface area (Å²) >= 11 is 5.42. The van der Waals surface area contributed by atoms with E-state index in [1.807, 2.05) is 4.90 Å². The second kappa shape index (κ2) is 6.09. The molecule has 1 saturated heterocycles. The lowest BCUT2D eigenvalue weighted by Gasteiger charge is -2.31. The number of halogens is 1. The van der Waals surface area contributed by atoms with Gasteiger partial charge in [0.25, 0.3) is 0 Å².